The summed E-state index contributed by atoms with van der Waals surface area (Å²) in [4.78, 5) is 27.0. The van der Waals surface area contributed by atoms with Crippen LogP contribution in [0.1, 0.15) is 32.4 Å². The summed E-state index contributed by atoms with van der Waals surface area (Å²) >= 11 is 1.61. The summed E-state index contributed by atoms with van der Waals surface area (Å²) in [6.45, 7) is 0.572. The number of nitrogens with one attached hydrogen (secondary N) is 1. The number of fused-ring (bicyclic) bond motifs is 1. The predicted octanol–water partition coefficient (Wildman–Crippen LogP) is 5.38. The van der Waals surface area contributed by atoms with E-state index in [0.717, 1.165) is 27.5 Å². The molecule has 1 aliphatic heterocycles. The zero-order chi connectivity index (χ0) is 23.3. The van der Waals surface area contributed by atoms with E-state index in [1.54, 1.807) is 30.1 Å². The summed E-state index contributed by atoms with van der Waals surface area (Å²) in [6, 6.07) is 31.4. The standard InChI is InChI=1S/C28H23N3O2S/c32-26-19-34-28(31(26)18-20-7-2-1-3-8-20)23-15-13-22(14-16-23)27(33)30-29-17-24-11-6-10-21-9-4-5-12-25(21)24/h1-17,28H,18-19H2,(H,30,33). The first-order chi connectivity index (χ1) is 16.7. The number of rotatable bonds is 6. The SMILES string of the molecule is O=C(NN=Cc1cccc2ccccc12)c1ccc(C2SCC(=O)N2Cc2ccccc2)cc1. The van der Waals surface area contributed by atoms with Gasteiger partial charge in [0.1, 0.15) is 5.37 Å². The minimum Gasteiger partial charge on any atom is -0.322 e. The molecule has 2 amide bonds. The van der Waals surface area contributed by atoms with Gasteiger partial charge < -0.3 is 4.90 Å². The molecule has 1 atom stereocenters. The van der Waals surface area contributed by atoms with Crippen LogP contribution in [0.15, 0.2) is 102 Å². The van der Waals surface area contributed by atoms with Crippen LogP contribution in [0, 0.1) is 0 Å². The number of nitrogens with zero attached hydrogens (tertiary/aromatic N) is 2. The van der Waals surface area contributed by atoms with Crippen LogP contribution in [0.5, 0.6) is 0 Å². The van der Waals surface area contributed by atoms with Crippen LogP contribution in [0.25, 0.3) is 10.8 Å². The number of hydrogen-bond donors (Lipinski definition) is 1. The van der Waals surface area contributed by atoms with Crippen LogP contribution in [-0.4, -0.2) is 28.7 Å². The van der Waals surface area contributed by atoms with Gasteiger partial charge >= 0.3 is 0 Å². The van der Waals surface area contributed by atoms with E-state index in [2.05, 4.69) is 10.5 Å². The quantitative estimate of drug-likeness (QED) is 0.307. The molecule has 5 rings (SSSR count). The summed E-state index contributed by atoms with van der Waals surface area (Å²) in [5.41, 5.74) is 6.17. The van der Waals surface area contributed by atoms with Crippen LogP contribution in [0.2, 0.25) is 0 Å². The summed E-state index contributed by atoms with van der Waals surface area (Å²) in [6.07, 6.45) is 1.66. The molecule has 0 aliphatic carbocycles. The van der Waals surface area contributed by atoms with E-state index in [1.165, 1.54) is 0 Å². The number of carbonyl (C=O) groups is 2. The highest BCUT2D eigenvalue weighted by molar-refractivity contribution is 8.00. The Bertz CT molecular complexity index is 1350. The fourth-order valence-electron chi connectivity index (χ4n) is 4.07. The van der Waals surface area contributed by atoms with Gasteiger partial charge in [-0.15, -0.1) is 11.8 Å². The summed E-state index contributed by atoms with van der Waals surface area (Å²) < 4.78 is 0. The summed E-state index contributed by atoms with van der Waals surface area (Å²) in [7, 11) is 0. The van der Waals surface area contributed by atoms with Crippen molar-refractivity contribution in [1.29, 1.82) is 0 Å². The third kappa shape index (κ3) is 4.72. The third-order valence-electron chi connectivity index (χ3n) is 5.81. The molecule has 4 aromatic carbocycles. The number of amides is 2. The first kappa shape index (κ1) is 21.9. The molecule has 0 aromatic heterocycles. The molecule has 1 N–H and O–H groups in total. The van der Waals surface area contributed by atoms with Crippen molar-refractivity contribution in [1.82, 2.24) is 10.3 Å². The molecule has 4 aromatic rings. The first-order valence-corrected chi connectivity index (χ1v) is 12.1. The van der Waals surface area contributed by atoms with E-state index in [-0.39, 0.29) is 17.2 Å². The minimum absolute atomic E-state index is 0.0609. The normalized spacial score (nSPS) is 15.8. The van der Waals surface area contributed by atoms with Crippen molar-refractivity contribution in [3.8, 4) is 0 Å². The van der Waals surface area contributed by atoms with Gasteiger partial charge in [-0.1, -0.05) is 84.9 Å². The van der Waals surface area contributed by atoms with E-state index < -0.39 is 0 Å². The van der Waals surface area contributed by atoms with Crippen LogP contribution in [0.3, 0.4) is 0 Å². The zero-order valence-corrected chi connectivity index (χ0v) is 19.2. The monoisotopic (exact) mass is 465 g/mol. The van der Waals surface area contributed by atoms with Crippen molar-refractivity contribution in [2.75, 3.05) is 5.75 Å². The highest BCUT2D eigenvalue weighted by Crippen LogP contribution is 2.39. The Kier molecular flexibility index (Phi) is 6.40. The van der Waals surface area contributed by atoms with Gasteiger partial charge in [0.15, 0.2) is 0 Å². The van der Waals surface area contributed by atoms with Gasteiger partial charge in [-0.2, -0.15) is 5.10 Å². The van der Waals surface area contributed by atoms with Gasteiger partial charge in [0, 0.05) is 17.7 Å². The van der Waals surface area contributed by atoms with Crippen LogP contribution in [0.4, 0.5) is 0 Å². The highest BCUT2D eigenvalue weighted by atomic mass is 32.2. The maximum absolute atomic E-state index is 12.6. The lowest BCUT2D eigenvalue weighted by molar-refractivity contribution is -0.128. The second-order valence-electron chi connectivity index (χ2n) is 8.06. The number of carbonyl (C=O) groups excluding carboxylic acids is 2. The van der Waals surface area contributed by atoms with Crippen LogP contribution >= 0.6 is 11.8 Å². The molecular weight excluding hydrogens is 442 g/mol. The molecule has 0 bridgehead atoms. The lowest BCUT2D eigenvalue weighted by atomic mass is 10.1. The largest absolute Gasteiger partial charge is 0.322 e. The van der Waals surface area contributed by atoms with Gasteiger partial charge in [-0.05, 0) is 34.0 Å². The van der Waals surface area contributed by atoms with Crippen molar-refractivity contribution in [3.05, 3.63) is 119 Å². The van der Waals surface area contributed by atoms with Crippen molar-refractivity contribution in [2.24, 2.45) is 5.10 Å². The fourth-order valence-corrected chi connectivity index (χ4v) is 5.26. The molecule has 168 valence electrons. The van der Waals surface area contributed by atoms with E-state index >= 15 is 0 Å². The number of hydrogen-bond acceptors (Lipinski definition) is 4. The average Bonchev–Trinajstić information content (AvgIpc) is 3.24. The molecule has 0 spiro atoms. The molecule has 1 fully saturated rings. The minimum atomic E-state index is -0.278. The Morgan fingerprint density at radius 3 is 2.50 bits per heavy atom. The van der Waals surface area contributed by atoms with Crippen molar-refractivity contribution >= 4 is 40.6 Å². The lowest BCUT2D eigenvalue weighted by Crippen LogP contribution is -2.27. The van der Waals surface area contributed by atoms with Crippen LogP contribution in [-0.2, 0) is 11.3 Å². The van der Waals surface area contributed by atoms with E-state index in [9.17, 15) is 9.59 Å². The van der Waals surface area contributed by atoms with Crippen molar-refractivity contribution in [2.45, 2.75) is 11.9 Å². The van der Waals surface area contributed by atoms with Crippen molar-refractivity contribution < 1.29 is 9.59 Å². The van der Waals surface area contributed by atoms with Gasteiger partial charge in [-0.3, -0.25) is 9.59 Å². The molecular formula is C28H23N3O2S. The molecule has 1 saturated heterocycles. The molecule has 34 heavy (non-hydrogen) atoms. The first-order valence-electron chi connectivity index (χ1n) is 11.1. The molecule has 1 heterocycles. The third-order valence-corrected chi connectivity index (χ3v) is 7.07. The van der Waals surface area contributed by atoms with E-state index in [1.807, 2.05) is 89.8 Å². The summed E-state index contributed by atoms with van der Waals surface area (Å²) in [5.74, 6) is 0.311. The van der Waals surface area contributed by atoms with E-state index in [0.29, 0.717) is 17.9 Å². The second kappa shape index (κ2) is 9.93. The second-order valence-corrected chi connectivity index (χ2v) is 9.13. The molecule has 0 radical (unpaired) electrons. The van der Waals surface area contributed by atoms with Gasteiger partial charge in [0.2, 0.25) is 5.91 Å². The highest BCUT2D eigenvalue weighted by Gasteiger charge is 2.32. The Morgan fingerprint density at radius 2 is 1.68 bits per heavy atom. The van der Waals surface area contributed by atoms with Crippen LogP contribution < -0.4 is 5.43 Å². The average molecular weight is 466 g/mol. The molecule has 5 nitrogen and oxygen atoms in total. The fraction of sp³-hybridized carbons (Fsp3) is 0.107. The maximum atomic E-state index is 12.6. The Morgan fingerprint density at radius 1 is 0.941 bits per heavy atom. The molecule has 1 aliphatic rings. The zero-order valence-electron chi connectivity index (χ0n) is 18.4. The lowest BCUT2D eigenvalue weighted by Gasteiger charge is -2.24. The number of hydrazone groups is 1. The Balaban J connectivity index is 1.26. The predicted molar refractivity (Wildman–Crippen MR) is 138 cm³/mol. The molecule has 0 saturated carbocycles. The smallest absolute Gasteiger partial charge is 0.271 e. The molecule has 1 unspecified atom stereocenters. The topological polar surface area (TPSA) is 61.8 Å². The van der Waals surface area contributed by atoms with Gasteiger partial charge in [0.25, 0.3) is 5.91 Å². The van der Waals surface area contributed by atoms with Gasteiger partial charge in [-0.25, -0.2) is 5.43 Å². The summed E-state index contributed by atoms with van der Waals surface area (Å²) in [5, 5.41) is 6.30. The maximum Gasteiger partial charge on any atom is 0.271 e. The van der Waals surface area contributed by atoms with Gasteiger partial charge in [0.05, 0.1) is 12.0 Å². The Hall–Kier alpha value is -3.90. The number of thioether (sulfide) groups is 1. The van der Waals surface area contributed by atoms with E-state index in [4.69, 9.17) is 0 Å². The molecule has 6 heteroatoms. The van der Waals surface area contributed by atoms with Crippen molar-refractivity contribution in [3.63, 3.8) is 0 Å². The number of benzene rings is 4. The Labute approximate surface area is 202 Å².